The summed E-state index contributed by atoms with van der Waals surface area (Å²) in [7, 11) is 0. The number of ketones is 1. The Morgan fingerprint density at radius 2 is 1.75 bits per heavy atom. The van der Waals surface area contributed by atoms with E-state index >= 15 is 0 Å². The molecule has 0 N–H and O–H groups in total. The molecule has 0 aliphatic carbocycles. The number of benzene rings is 2. The number of hydrogen-bond acceptors (Lipinski definition) is 2. The topological polar surface area (TPSA) is 40.9 Å². The number of rotatable bonds is 5. The molecule has 2 heteroatoms. The molecule has 0 amide bonds. The Kier molecular flexibility index (Phi) is 4.68. The van der Waals surface area contributed by atoms with Crippen molar-refractivity contribution in [3.63, 3.8) is 0 Å². The van der Waals surface area contributed by atoms with Crippen molar-refractivity contribution in [2.45, 2.75) is 25.7 Å². The van der Waals surface area contributed by atoms with E-state index in [9.17, 15) is 10.1 Å². The van der Waals surface area contributed by atoms with E-state index in [0.717, 1.165) is 5.56 Å². The van der Waals surface area contributed by atoms with Crippen molar-refractivity contribution >= 4 is 5.78 Å². The van der Waals surface area contributed by atoms with Gasteiger partial charge in [-0.3, -0.25) is 4.79 Å². The standard InChI is InChI=1S/C18H17NO/c1-14-7-5-6-8-15(14)11-12-18(20)17(13-19)16-9-3-2-4-10-16/h2-10,17H,11-12H2,1H3. The second kappa shape index (κ2) is 6.68. The van der Waals surface area contributed by atoms with Crippen molar-refractivity contribution in [1.29, 1.82) is 5.26 Å². The van der Waals surface area contributed by atoms with Gasteiger partial charge < -0.3 is 0 Å². The Balaban J connectivity index is 2.05. The molecular weight excluding hydrogens is 246 g/mol. The molecule has 0 aromatic heterocycles. The molecule has 20 heavy (non-hydrogen) atoms. The molecule has 0 spiro atoms. The van der Waals surface area contributed by atoms with Crippen LogP contribution in [0.3, 0.4) is 0 Å². The zero-order chi connectivity index (χ0) is 14.4. The molecular formula is C18H17NO. The summed E-state index contributed by atoms with van der Waals surface area (Å²) in [4.78, 5) is 12.2. The van der Waals surface area contributed by atoms with Gasteiger partial charge in [0, 0.05) is 6.42 Å². The summed E-state index contributed by atoms with van der Waals surface area (Å²) in [5.74, 6) is -0.665. The lowest BCUT2D eigenvalue weighted by molar-refractivity contribution is -0.119. The third kappa shape index (κ3) is 3.33. The first-order valence-electron chi connectivity index (χ1n) is 6.74. The Morgan fingerprint density at radius 1 is 1.10 bits per heavy atom. The highest BCUT2D eigenvalue weighted by Crippen LogP contribution is 2.19. The van der Waals surface area contributed by atoms with Crippen LogP contribution in [-0.4, -0.2) is 5.78 Å². The molecule has 2 rings (SSSR count). The number of nitriles is 1. The van der Waals surface area contributed by atoms with E-state index in [-0.39, 0.29) is 5.78 Å². The predicted octanol–water partition coefficient (Wildman–Crippen LogP) is 3.80. The molecule has 1 atom stereocenters. The first-order valence-corrected chi connectivity index (χ1v) is 6.74. The molecule has 0 saturated carbocycles. The van der Waals surface area contributed by atoms with Gasteiger partial charge in [-0.05, 0) is 30.0 Å². The van der Waals surface area contributed by atoms with Gasteiger partial charge in [0.25, 0.3) is 0 Å². The van der Waals surface area contributed by atoms with Crippen molar-refractivity contribution in [3.8, 4) is 6.07 Å². The monoisotopic (exact) mass is 263 g/mol. The average molecular weight is 263 g/mol. The molecule has 0 heterocycles. The third-order valence-electron chi connectivity index (χ3n) is 3.49. The smallest absolute Gasteiger partial charge is 0.154 e. The van der Waals surface area contributed by atoms with E-state index in [1.54, 1.807) is 0 Å². The van der Waals surface area contributed by atoms with Crippen molar-refractivity contribution in [3.05, 3.63) is 71.3 Å². The third-order valence-corrected chi connectivity index (χ3v) is 3.49. The van der Waals surface area contributed by atoms with Crippen LogP contribution in [0.5, 0.6) is 0 Å². The fourth-order valence-electron chi connectivity index (χ4n) is 2.27. The maximum absolute atomic E-state index is 12.2. The second-order valence-electron chi connectivity index (χ2n) is 4.87. The lowest BCUT2D eigenvalue weighted by Crippen LogP contribution is -2.11. The number of aryl methyl sites for hydroxylation is 2. The zero-order valence-corrected chi connectivity index (χ0v) is 11.5. The van der Waals surface area contributed by atoms with Gasteiger partial charge in [0.05, 0.1) is 6.07 Å². The summed E-state index contributed by atoms with van der Waals surface area (Å²) in [6, 6.07) is 19.4. The van der Waals surface area contributed by atoms with Crippen LogP contribution >= 0.6 is 0 Å². The first kappa shape index (κ1) is 14.0. The maximum Gasteiger partial charge on any atom is 0.154 e. The van der Waals surface area contributed by atoms with Gasteiger partial charge in [0.1, 0.15) is 5.92 Å². The molecule has 2 aromatic rings. The second-order valence-corrected chi connectivity index (χ2v) is 4.87. The zero-order valence-electron chi connectivity index (χ0n) is 11.5. The average Bonchev–Trinajstić information content (AvgIpc) is 2.48. The van der Waals surface area contributed by atoms with E-state index in [1.807, 2.05) is 61.5 Å². The van der Waals surface area contributed by atoms with Crippen molar-refractivity contribution in [2.24, 2.45) is 0 Å². The number of carbonyl (C=O) groups is 1. The fourth-order valence-corrected chi connectivity index (χ4v) is 2.27. The Labute approximate surface area is 119 Å². The molecule has 0 fully saturated rings. The molecule has 2 nitrogen and oxygen atoms in total. The van der Waals surface area contributed by atoms with Crippen LogP contribution in [0, 0.1) is 18.3 Å². The minimum absolute atomic E-state index is 0.0121. The van der Waals surface area contributed by atoms with Crippen molar-refractivity contribution in [1.82, 2.24) is 0 Å². The molecule has 100 valence electrons. The van der Waals surface area contributed by atoms with E-state index in [4.69, 9.17) is 0 Å². The predicted molar refractivity (Wildman–Crippen MR) is 79.3 cm³/mol. The number of nitrogens with zero attached hydrogens (tertiary/aromatic N) is 1. The molecule has 0 aliphatic heterocycles. The van der Waals surface area contributed by atoms with Gasteiger partial charge in [-0.15, -0.1) is 0 Å². The van der Waals surface area contributed by atoms with Crippen LogP contribution < -0.4 is 0 Å². The van der Waals surface area contributed by atoms with Gasteiger partial charge in [-0.1, -0.05) is 54.6 Å². The summed E-state index contributed by atoms with van der Waals surface area (Å²) in [6.07, 6.45) is 1.09. The molecule has 0 aliphatic rings. The number of carbonyl (C=O) groups excluding carboxylic acids is 1. The van der Waals surface area contributed by atoms with Gasteiger partial charge in [-0.25, -0.2) is 0 Å². The van der Waals surface area contributed by atoms with E-state index in [0.29, 0.717) is 12.8 Å². The van der Waals surface area contributed by atoms with Gasteiger partial charge in [0.15, 0.2) is 5.78 Å². The Hall–Kier alpha value is -2.40. The highest BCUT2D eigenvalue weighted by atomic mass is 16.1. The van der Waals surface area contributed by atoms with Gasteiger partial charge in [-0.2, -0.15) is 5.26 Å². The highest BCUT2D eigenvalue weighted by Gasteiger charge is 2.19. The number of hydrogen-bond donors (Lipinski definition) is 0. The van der Waals surface area contributed by atoms with Gasteiger partial charge >= 0.3 is 0 Å². The highest BCUT2D eigenvalue weighted by molar-refractivity contribution is 5.88. The molecule has 0 saturated heterocycles. The lowest BCUT2D eigenvalue weighted by atomic mass is 9.92. The molecule has 0 bridgehead atoms. The van der Waals surface area contributed by atoms with Gasteiger partial charge in [0.2, 0.25) is 0 Å². The van der Waals surface area contributed by atoms with Crippen molar-refractivity contribution in [2.75, 3.05) is 0 Å². The van der Waals surface area contributed by atoms with Crippen LogP contribution in [0.4, 0.5) is 0 Å². The van der Waals surface area contributed by atoms with E-state index in [1.165, 1.54) is 11.1 Å². The maximum atomic E-state index is 12.2. The summed E-state index contributed by atoms with van der Waals surface area (Å²) in [6.45, 7) is 2.04. The Morgan fingerprint density at radius 3 is 2.40 bits per heavy atom. The number of Topliss-reactive ketones (excluding diaryl/α,β-unsaturated/α-hetero) is 1. The molecule has 2 aromatic carbocycles. The van der Waals surface area contributed by atoms with Crippen LogP contribution in [0.25, 0.3) is 0 Å². The summed E-state index contributed by atoms with van der Waals surface area (Å²) in [5.41, 5.74) is 3.14. The molecule has 0 radical (unpaired) electrons. The van der Waals surface area contributed by atoms with Crippen molar-refractivity contribution < 1.29 is 4.79 Å². The lowest BCUT2D eigenvalue weighted by Gasteiger charge is -2.09. The first-order chi connectivity index (χ1) is 9.72. The minimum atomic E-state index is -0.653. The fraction of sp³-hybridized carbons (Fsp3) is 0.222. The summed E-state index contributed by atoms with van der Waals surface area (Å²) >= 11 is 0. The summed E-state index contributed by atoms with van der Waals surface area (Å²) in [5, 5.41) is 9.23. The van der Waals surface area contributed by atoms with Crippen LogP contribution in [0.2, 0.25) is 0 Å². The molecule has 1 unspecified atom stereocenters. The Bertz CT molecular complexity index is 625. The normalized spacial score (nSPS) is 11.6. The van der Waals surface area contributed by atoms with Crippen LogP contribution in [0.15, 0.2) is 54.6 Å². The van der Waals surface area contributed by atoms with E-state index in [2.05, 4.69) is 6.07 Å². The quantitative estimate of drug-likeness (QED) is 0.823. The van der Waals surface area contributed by atoms with E-state index < -0.39 is 5.92 Å². The SMILES string of the molecule is Cc1ccccc1CCC(=O)C(C#N)c1ccccc1. The van der Waals surface area contributed by atoms with Crippen LogP contribution in [-0.2, 0) is 11.2 Å². The largest absolute Gasteiger partial charge is 0.298 e. The minimum Gasteiger partial charge on any atom is -0.298 e. The summed E-state index contributed by atoms with van der Waals surface area (Å²) < 4.78 is 0. The van der Waals surface area contributed by atoms with Crippen LogP contribution in [0.1, 0.15) is 29.0 Å².